The molecule has 1 spiro atoms. The number of allylic oxidation sites excluding steroid dienone is 1. The summed E-state index contributed by atoms with van der Waals surface area (Å²) in [6.07, 6.45) is 8.97. The van der Waals surface area contributed by atoms with Crippen molar-refractivity contribution in [2.75, 3.05) is 13.6 Å². The van der Waals surface area contributed by atoms with Crippen molar-refractivity contribution in [2.24, 2.45) is 11.3 Å². The molecule has 8 heteroatoms. The van der Waals surface area contributed by atoms with Crippen LogP contribution >= 0.6 is 0 Å². The van der Waals surface area contributed by atoms with Crippen LogP contribution in [0.5, 0.6) is 0 Å². The first-order valence-electron chi connectivity index (χ1n) is 11.2. The van der Waals surface area contributed by atoms with E-state index in [2.05, 4.69) is 35.6 Å². The summed E-state index contributed by atoms with van der Waals surface area (Å²) in [5, 5.41) is 13.6. The molecule has 7 nitrogen and oxygen atoms in total. The fourth-order valence-corrected chi connectivity index (χ4v) is 4.22. The monoisotopic (exact) mass is 450 g/mol. The molecule has 1 unspecified atom stereocenters. The number of ether oxygens (including phenoxy) is 1. The van der Waals surface area contributed by atoms with E-state index in [0.717, 1.165) is 32.2 Å². The van der Waals surface area contributed by atoms with Crippen molar-refractivity contribution < 1.29 is 43.9 Å². The summed E-state index contributed by atoms with van der Waals surface area (Å²) in [5.74, 6) is 6.51. The van der Waals surface area contributed by atoms with Gasteiger partial charge in [0.15, 0.2) is 0 Å². The molecule has 32 heavy (non-hydrogen) atoms. The zero-order chi connectivity index (χ0) is 22.9. The molecular weight excluding hydrogens is 415 g/mol. The van der Waals surface area contributed by atoms with Gasteiger partial charge in [-0.1, -0.05) is 19.3 Å². The first kappa shape index (κ1) is 26.8. The van der Waals surface area contributed by atoms with Gasteiger partial charge in [0.25, 0.3) is 0 Å². The van der Waals surface area contributed by atoms with Gasteiger partial charge >= 0.3 is 35.7 Å². The second kappa shape index (κ2) is 10.2. The third-order valence-corrected chi connectivity index (χ3v) is 6.41. The fourth-order valence-electron chi connectivity index (χ4n) is 4.22. The summed E-state index contributed by atoms with van der Waals surface area (Å²) < 4.78 is 5.43. The number of hydrogen-bond acceptors (Lipinski definition) is 5. The number of carbonyl (C=O) groups is 2. The third-order valence-electron chi connectivity index (χ3n) is 6.41. The smallest absolute Gasteiger partial charge is 0.444 e. The Balaban J connectivity index is 0.00000363. The molecule has 0 aromatic rings. The van der Waals surface area contributed by atoms with Crippen LogP contribution in [0.3, 0.4) is 0 Å². The molecule has 3 saturated carbocycles. The van der Waals surface area contributed by atoms with Crippen LogP contribution in [-0.2, 0) is 9.53 Å². The van der Waals surface area contributed by atoms with E-state index >= 15 is 0 Å². The van der Waals surface area contributed by atoms with E-state index in [1.54, 1.807) is 7.05 Å². The zero-order valence-corrected chi connectivity index (χ0v) is 22.4. The molecule has 3 N–H and O–H groups in total. The SMILES string of the molecule is CCCN[C-]=C(C#CC1CC2(C1)CC2NC(=O)C1(N(C)C(=O)OC(C)(C)C)CC1)C=N.[Na+]. The Morgan fingerprint density at radius 3 is 2.47 bits per heavy atom. The van der Waals surface area contributed by atoms with E-state index in [1.165, 1.54) is 11.1 Å². The standard InChI is InChI=1S/C24H35N4O3.Na/c1-6-11-26-16-18(15-25)8-7-17-12-23(13-17)14-19(23)27-20(29)24(9-10-24)28(5)21(30)31-22(2,3)4;/h15,17,19,25-26H,6,9-14H2,1-5H3,(H,27,29);/q-1;+1. The Kier molecular flexibility index (Phi) is 8.52. The van der Waals surface area contributed by atoms with E-state index < -0.39 is 17.2 Å². The summed E-state index contributed by atoms with van der Waals surface area (Å²) in [4.78, 5) is 26.8. The molecule has 0 heterocycles. The molecule has 0 bridgehead atoms. The first-order valence-corrected chi connectivity index (χ1v) is 11.2. The van der Waals surface area contributed by atoms with E-state index in [-0.39, 0.29) is 46.9 Å². The van der Waals surface area contributed by atoms with Crippen LogP contribution < -0.4 is 40.2 Å². The van der Waals surface area contributed by atoms with Crippen LogP contribution in [0.25, 0.3) is 0 Å². The average molecular weight is 451 g/mol. The summed E-state index contributed by atoms with van der Waals surface area (Å²) in [5.41, 5.74) is -0.623. The Bertz CT molecular complexity index is 826. The topological polar surface area (TPSA) is 94.5 Å². The fraction of sp³-hybridized carbons (Fsp3) is 0.708. The molecule has 3 fully saturated rings. The van der Waals surface area contributed by atoms with Gasteiger partial charge in [0.05, 0.1) is 0 Å². The molecule has 0 saturated heterocycles. The van der Waals surface area contributed by atoms with Crippen molar-refractivity contribution in [3.8, 4) is 11.8 Å². The van der Waals surface area contributed by atoms with Gasteiger partial charge in [0.2, 0.25) is 5.91 Å². The van der Waals surface area contributed by atoms with Crippen molar-refractivity contribution in [1.82, 2.24) is 15.5 Å². The molecule has 3 aliphatic carbocycles. The minimum absolute atomic E-state index is 0. The van der Waals surface area contributed by atoms with Crippen LogP contribution in [0.2, 0.25) is 0 Å². The predicted molar refractivity (Wildman–Crippen MR) is 119 cm³/mol. The maximum Gasteiger partial charge on any atom is 1.00 e. The maximum absolute atomic E-state index is 12.9. The average Bonchev–Trinajstić information content (AvgIpc) is 3.56. The van der Waals surface area contributed by atoms with Crippen molar-refractivity contribution in [1.29, 1.82) is 5.41 Å². The molecule has 3 aliphatic rings. The van der Waals surface area contributed by atoms with Gasteiger partial charge in [-0.05, 0) is 64.7 Å². The van der Waals surface area contributed by atoms with Gasteiger partial charge in [0, 0.05) is 25.6 Å². The number of hydrogen-bond donors (Lipinski definition) is 3. The number of amides is 2. The van der Waals surface area contributed by atoms with Crippen molar-refractivity contribution in [3.05, 3.63) is 11.8 Å². The summed E-state index contributed by atoms with van der Waals surface area (Å²) in [7, 11) is 1.65. The van der Waals surface area contributed by atoms with Gasteiger partial charge in [-0.3, -0.25) is 9.69 Å². The number of carbonyl (C=O) groups excluding carboxylic acids is 2. The van der Waals surface area contributed by atoms with Crippen molar-refractivity contribution in [2.45, 2.75) is 83.4 Å². The van der Waals surface area contributed by atoms with E-state index in [0.29, 0.717) is 24.3 Å². The molecule has 170 valence electrons. The maximum atomic E-state index is 12.9. The third kappa shape index (κ3) is 6.09. The van der Waals surface area contributed by atoms with Crippen LogP contribution in [0.1, 0.15) is 66.2 Å². The second-order valence-electron chi connectivity index (χ2n) is 10.1. The predicted octanol–water partition coefficient (Wildman–Crippen LogP) is 0.0145. The van der Waals surface area contributed by atoms with Crippen LogP contribution in [0, 0.1) is 34.8 Å². The largest absolute Gasteiger partial charge is 1.00 e. The van der Waals surface area contributed by atoms with Gasteiger partial charge in [-0.15, -0.1) is 5.57 Å². The molecular formula is C24H35N4NaO3. The quantitative estimate of drug-likeness (QED) is 0.127. The van der Waals surface area contributed by atoms with Crippen LogP contribution in [0.4, 0.5) is 4.79 Å². The molecule has 0 aliphatic heterocycles. The number of nitrogens with zero attached hydrogens (tertiary/aromatic N) is 1. The van der Waals surface area contributed by atoms with E-state index in [9.17, 15) is 9.59 Å². The summed E-state index contributed by atoms with van der Waals surface area (Å²) in [6.45, 7) is 8.36. The Labute approximate surface area is 214 Å². The normalized spacial score (nSPS) is 27.0. The Morgan fingerprint density at radius 2 is 1.94 bits per heavy atom. The zero-order valence-electron chi connectivity index (χ0n) is 20.4. The summed E-state index contributed by atoms with van der Waals surface area (Å²) >= 11 is 0. The Morgan fingerprint density at radius 1 is 1.28 bits per heavy atom. The van der Waals surface area contributed by atoms with E-state index in [1.807, 2.05) is 20.8 Å². The number of nitrogens with one attached hydrogen (secondary N) is 3. The molecule has 1 atom stereocenters. The van der Waals surface area contributed by atoms with Crippen molar-refractivity contribution >= 4 is 18.2 Å². The summed E-state index contributed by atoms with van der Waals surface area (Å²) in [6, 6.07) is 0.165. The Hall–Kier alpha value is -1.49. The van der Waals surface area contributed by atoms with Crippen LogP contribution in [0.15, 0.2) is 5.57 Å². The van der Waals surface area contributed by atoms with Gasteiger partial charge in [0.1, 0.15) is 11.1 Å². The van der Waals surface area contributed by atoms with Gasteiger partial charge < -0.3 is 20.8 Å². The minimum Gasteiger partial charge on any atom is -0.444 e. The second-order valence-corrected chi connectivity index (χ2v) is 10.1. The van der Waals surface area contributed by atoms with Gasteiger partial charge in [-0.25, -0.2) is 10.7 Å². The van der Waals surface area contributed by atoms with Crippen LogP contribution in [-0.4, -0.2) is 53.9 Å². The first-order chi connectivity index (χ1) is 14.5. The molecule has 0 aromatic carbocycles. The minimum atomic E-state index is -0.764. The van der Waals surface area contributed by atoms with E-state index in [4.69, 9.17) is 10.1 Å². The molecule has 0 radical (unpaired) electrons. The molecule has 2 amide bonds. The number of likely N-dealkylation sites (N-methyl/N-ethyl adjacent to an activating group) is 1. The molecule has 3 rings (SSSR count). The number of rotatable bonds is 7. The van der Waals surface area contributed by atoms with Crippen molar-refractivity contribution in [3.63, 3.8) is 0 Å². The molecule has 0 aromatic heterocycles. The van der Waals surface area contributed by atoms with Gasteiger partial charge in [-0.2, -0.15) is 5.92 Å².